The number of nitrogens with zero attached hydrogens (tertiary/aromatic N) is 4. The highest BCUT2D eigenvalue weighted by Gasteiger charge is 2.19. The minimum absolute atomic E-state index is 0.262. The van der Waals surface area contributed by atoms with Crippen molar-refractivity contribution in [3.63, 3.8) is 0 Å². The van der Waals surface area contributed by atoms with E-state index >= 15 is 0 Å². The molecule has 1 aliphatic heterocycles. The third-order valence-corrected chi connectivity index (χ3v) is 4.11. The molecule has 0 radical (unpaired) electrons. The standard InChI is InChI=1S/C16H23ClN6O3/c1-16(2,25)19-4-3-18-15(24)11-9-13-20-12(17)10-14(23(13)21-11)22-5-7-26-8-6-22/h9-10,19,25H,3-8H2,1-2H3,(H,18,24). The van der Waals surface area contributed by atoms with Gasteiger partial charge < -0.3 is 20.1 Å². The second kappa shape index (κ2) is 7.75. The molecule has 26 heavy (non-hydrogen) atoms. The fraction of sp³-hybridized carbons (Fsp3) is 0.562. The Hall–Kier alpha value is -1.94. The molecule has 3 rings (SSSR count). The zero-order chi connectivity index (χ0) is 18.7. The Bertz CT molecular complexity index is 782. The number of morpholine rings is 1. The van der Waals surface area contributed by atoms with Crippen LogP contribution in [0.4, 0.5) is 5.82 Å². The second-order valence-corrected chi connectivity index (χ2v) is 6.97. The van der Waals surface area contributed by atoms with Crippen LogP contribution in [0.1, 0.15) is 24.3 Å². The van der Waals surface area contributed by atoms with E-state index in [0.717, 1.165) is 18.9 Å². The van der Waals surface area contributed by atoms with E-state index in [2.05, 4.69) is 25.6 Å². The smallest absolute Gasteiger partial charge is 0.271 e. The predicted octanol–water partition coefficient (Wildman–Crippen LogP) is 0.267. The van der Waals surface area contributed by atoms with Crippen molar-refractivity contribution in [3.8, 4) is 0 Å². The molecule has 0 atom stereocenters. The molecule has 0 aromatic carbocycles. The van der Waals surface area contributed by atoms with Crippen LogP contribution in [0.3, 0.4) is 0 Å². The van der Waals surface area contributed by atoms with Crippen LogP contribution in [0.25, 0.3) is 5.65 Å². The third-order valence-electron chi connectivity index (χ3n) is 3.91. The number of hydrogen-bond acceptors (Lipinski definition) is 7. The van der Waals surface area contributed by atoms with Gasteiger partial charge in [-0.05, 0) is 13.8 Å². The van der Waals surface area contributed by atoms with E-state index in [0.29, 0.717) is 37.1 Å². The van der Waals surface area contributed by atoms with Gasteiger partial charge >= 0.3 is 0 Å². The number of rotatable bonds is 6. The van der Waals surface area contributed by atoms with Gasteiger partial charge in [-0.2, -0.15) is 9.61 Å². The Morgan fingerprint density at radius 3 is 2.77 bits per heavy atom. The van der Waals surface area contributed by atoms with E-state index < -0.39 is 5.72 Å². The Balaban J connectivity index is 1.74. The van der Waals surface area contributed by atoms with Crippen LogP contribution in [0.15, 0.2) is 12.1 Å². The molecule has 2 aromatic rings. The van der Waals surface area contributed by atoms with Crippen molar-refractivity contribution in [2.24, 2.45) is 0 Å². The van der Waals surface area contributed by atoms with Gasteiger partial charge in [-0.25, -0.2) is 4.98 Å². The Morgan fingerprint density at radius 2 is 2.08 bits per heavy atom. The first-order chi connectivity index (χ1) is 12.3. The van der Waals surface area contributed by atoms with Gasteiger partial charge in [0, 0.05) is 38.3 Å². The SMILES string of the molecule is CC(C)(O)NCCNC(=O)c1cc2nc(Cl)cc(N3CCOCC3)n2n1. The molecule has 2 aromatic heterocycles. The number of halogens is 1. The Labute approximate surface area is 156 Å². The van der Waals surface area contributed by atoms with Crippen molar-refractivity contribution in [1.82, 2.24) is 25.2 Å². The third kappa shape index (κ3) is 4.61. The quantitative estimate of drug-likeness (QED) is 0.374. The van der Waals surface area contributed by atoms with E-state index in [1.165, 1.54) is 0 Å². The number of hydrogen-bond donors (Lipinski definition) is 3. The van der Waals surface area contributed by atoms with Crippen LogP contribution in [0.5, 0.6) is 0 Å². The molecule has 1 amide bonds. The lowest BCUT2D eigenvalue weighted by molar-refractivity contribution is 0.0440. The van der Waals surface area contributed by atoms with Gasteiger partial charge in [-0.3, -0.25) is 10.1 Å². The van der Waals surface area contributed by atoms with Gasteiger partial charge in [0.15, 0.2) is 11.3 Å². The number of ether oxygens (including phenoxy) is 1. The molecule has 142 valence electrons. The maximum atomic E-state index is 12.3. The average Bonchev–Trinajstić information content (AvgIpc) is 3.01. The fourth-order valence-electron chi connectivity index (χ4n) is 2.69. The van der Waals surface area contributed by atoms with Crippen LogP contribution in [0.2, 0.25) is 5.15 Å². The fourth-order valence-corrected chi connectivity index (χ4v) is 2.88. The van der Waals surface area contributed by atoms with Crippen molar-refractivity contribution in [2.75, 3.05) is 44.3 Å². The van der Waals surface area contributed by atoms with Gasteiger partial charge in [-0.1, -0.05) is 11.6 Å². The van der Waals surface area contributed by atoms with Gasteiger partial charge in [0.05, 0.1) is 13.2 Å². The van der Waals surface area contributed by atoms with Gasteiger partial charge in [-0.15, -0.1) is 0 Å². The van der Waals surface area contributed by atoms with Crippen molar-refractivity contribution < 1.29 is 14.6 Å². The highest BCUT2D eigenvalue weighted by atomic mass is 35.5. The topological polar surface area (TPSA) is 104 Å². The number of carbonyl (C=O) groups excluding carboxylic acids is 1. The van der Waals surface area contributed by atoms with Crippen LogP contribution < -0.4 is 15.5 Å². The first-order valence-corrected chi connectivity index (χ1v) is 8.86. The summed E-state index contributed by atoms with van der Waals surface area (Å²) in [5, 5.41) is 20.0. The summed E-state index contributed by atoms with van der Waals surface area (Å²) in [5.74, 6) is 0.475. The van der Waals surface area contributed by atoms with E-state index in [9.17, 15) is 9.90 Å². The number of aliphatic hydroxyl groups is 1. The van der Waals surface area contributed by atoms with E-state index in [1.807, 2.05) is 0 Å². The largest absolute Gasteiger partial charge is 0.378 e. The molecule has 0 unspecified atom stereocenters. The highest BCUT2D eigenvalue weighted by molar-refractivity contribution is 6.29. The van der Waals surface area contributed by atoms with E-state index in [4.69, 9.17) is 16.3 Å². The summed E-state index contributed by atoms with van der Waals surface area (Å²) in [6.07, 6.45) is 0. The molecule has 0 aliphatic carbocycles. The Morgan fingerprint density at radius 1 is 1.35 bits per heavy atom. The van der Waals surface area contributed by atoms with Crippen molar-refractivity contribution >= 4 is 29.0 Å². The Kier molecular flexibility index (Phi) is 5.61. The van der Waals surface area contributed by atoms with Gasteiger partial charge in [0.2, 0.25) is 0 Å². The van der Waals surface area contributed by atoms with Crippen molar-refractivity contribution in [3.05, 3.63) is 23.0 Å². The summed E-state index contributed by atoms with van der Waals surface area (Å²) in [7, 11) is 0. The lowest BCUT2D eigenvalue weighted by Crippen LogP contribution is -2.43. The molecule has 1 aliphatic rings. The van der Waals surface area contributed by atoms with Crippen molar-refractivity contribution in [1.29, 1.82) is 0 Å². The zero-order valence-corrected chi connectivity index (χ0v) is 15.6. The van der Waals surface area contributed by atoms with Crippen LogP contribution in [-0.2, 0) is 4.74 Å². The number of fused-ring (bicyclic) bond motifs is 1. The number of anilines is 1. The zero-order valence-electron chi connectivity index (χ0n) is 14.8. The summed E-state index contributed by atoms with van der Waals surface area (Å²) in [4.78, 5) is 18.7. The molecule has 10 heteroatoms. The minimum atomic E-state index is -0.985. The molecule has 0 saturated carbocycles. The monoisotopic (exact) mass is 382 g/mol. The molecule has 3 heterocycles. The molecule has 0 spiro atoms. The van der Waals surface area contributed by atoms with Gasteiger partial charge in [0.25, 0.3) is 5.91 Å². The summed E-state index contributed by atoms with van der Waals surface area (Å²) in [5.41, 5.74) is -0.210. The molecule has 3 N–H and O–H groups in total. The highest BCUT2D eigenvalue weighted by Crippen LogP contribution is 2.21. The van der Waals surface area contributed by atoms with E-state index in [1.54, 1.807) is 30.5 Å². The first-order valence-electron chi connectivity index (χ1n) is 8.48. The van der Waals surface area contributed by atoms with E-state index in [-0.39, 0.29) is 11.6 Å². The lowest BCUT2D eigenvalue weighted by atomic mass is 10.3. The van der Waals surface area contributed by atoms with Crippen LogP contribution in [-0.4, -0.2) is 70.7 Å². The summed E-state index contributed by atoms with van der Waals surface area (Å²) < 4.78 is 7.00. The molecular formula is C16H23ClN6O3. The number of aromatic nitrogens is 3. The molecule has 9 nitrogen and oxygen atoms in total. The minimum Gasteiger partial charge on any atom is -0.378 e. The summed E-state index contributed by atoms with van der Waals surface area (Å²) >= 11 is 6.13. The lowest BCUT2D eigenvalue weighted by Gasteiger charge is -2.28. The van der Waals surface area contributed by atoms with Crippen molar-refractivity contribution in [2.45, 2.75) is 19.6 Å². The first kappa shape index (κ1) is 18.8. The number of amides is 1. The molecule has 1 fully saturated rings. The average molecular weight is 383 g/mol. The maximum Gasteiger partial charge on any atom is 0.271 e. The number of nitrogens with one attached hydrogen (secondary N) is 2. The molecule has 1 saturated heterocycles. The van der Waals surface area contributed by atoms with Crippen LogP contribution in [0, 0.1) is 0 Å². The molecular weight excluding hydrogens is 360 g/mol. The van der Waals surface area contributed by atoms with Gasteiger partial charge in [0.1, 0.15) is 16.7 Å². The summed E-state index contributed by atoms with van der Waals surface area (Å²) in [6.45, 7) is 6.78. The number of carbonyl (C=O) groups is 1. The van der Waals surface area contributed by atoms with Crippen LogP contribution >= 0.6 is 11.6 Å². The second-order valence-electron chi connectivity index (χ2n) is 6.58. The normalized spacial score (nSPS) is 15.5. The maximum absolute atomic E-state index is 12.3. The summed E-state index contributed by atoms with van der Waals surface area (Å²) in [6, 6.07) is 3.34. The molecule has 0 bridgehead atoms. The predicted molar refractivity (Wildman–Crippen MR) is 97.7 cm³/mol.